The molecule has 0 amide bonds. The lowest BCUT2D eigenvalue weighted by molar-refractivity contribution is -0.00000777. The van der Waals surface area contributed by atoms with E-state index in [0.29, 0.717) is 0 Å². The third-order valence-electron chi connectivity index (χ3n) is 8.19. The molecule has 0 aliphatic rings. The number of unbranched alkanes of at least 4 members (excludes halogenated alkanes) is 21. The Hall–Kier alpha value is 0.910. The van der Waals surface area contributed by atoms with Crippen molar-refractivity contribution in [2.45, 2.75) is 188 Å². The molecule has 0 aromatic carbocycles. The molecule has 0 aliphatic heterocycles. The predicted molar refractivity (Wildman–Crippen MR) is 165 cm³/mol. The van der Waals surface area contributed by atoms with Gasteiger partial charge in [0.25, 0.3) is 0 Å². The van der Waals surface area contributed by atoms with Crippen molar-refractivity contribution < 1.29 is 17.0 Å². The Morgan fingerprint density at radius 3 is 0.629 bits per heavy atom. The Labute approximate surface area is 236 Å². The molecule has 0 radical (unpaired) electrons. The molecule has 0 saturated carbocycles. The second-order valence-corrected chi connectivity index (χ2v) is 16.1. The molecule has 0 atom stereocenters. The molecular formula is C33H70BrP. The van der Waals surface area contributed by atoms with Crippen LogP contribution in [0.4, 0.5) is 0 Å². The van der Waals surface area contributed by atoms with Gasteiger partial charge >= 0.3 is 0 Å². The van der Waals surface area contributed by atoms with Crippen molar-refractivity contribution >= 4 is 7.26 Å². The second kappa shape index (κ2) is 31.1. The summed E-state index contributed by atoms with van der Waals surface area (Å²) in [5.41, 5.74) is 0. The van der Waals surface area contributed by atoms with Gasteiger partial charge in [0.2, 0.25) is 0 Å². The van der Waals surface area contributed by atoms with E-state index in [1.165, 1.54) is 135 Å². The predicted octanol–water partition coefficient (Wildman–Crippen LogP) is 9.84. The van der Waals surface area contributed by atoms with Gasteiger partial charge in [-0.25, -0.2) is 0 Å². The van der Waals surface area contributed by atoms with Crippen molar-refractivity contribution in [3.63, 3.8) is 0 Å². The van der Waals surface area contributed by atoms with Gasteiger partial charge in [-0.15, -0.1) is 0 Å². The maximum atomic E-state index is 2.36. The molecule has 0 spiro atoms. The zero-order valence-electron chi connectivity index (χ0n) is 25.3. The van der Waals surface area contributed by atoms with Crippen LogP contribution in [0.15, 0.2) is 0 Å². The van der Waals surface area contributed by atoms with Crippen molar-refractivity contribution in [2.75, 3.05) is 24.6 Å². The molecule has 0 heterocycles. The number of hydrogen-bond acceptors (Lipinski definition) is 0. The van der Waals surface area contributed by atoms with Gasteiger partial charge in [0.15, 0.2) is 0 Å². The molecule has 2 heteroatoms. The van der Waals surface area contributed by atoms with Crippen LogP contribution in [0.3, 0.4) is 0 Å². The topological polar surface area (TPSA) is 0 Å². The number of rotatable bonds is 29. The molecule has 0 N–H and O–H groups in total. The third kappa shape index (κ3) is 26.3. The van der Waals surface area contributed by atoms with E-state index >= 15 is 0 Å². The summed E-state index contributed by atoms with van der Waals surface area (Å²) in [5.74, 6) is 0. The van der Waals surface area contributed by atoms with Crippen LogP contribution in [0, 0.1) is 0 Å². The fourth-order valence-electron chi connectivity index (χ4n) is 5.76. The van der Waals surface area contributed by atoms with E-state index in [4.69, 9.17) is 0 Å². The van der Waals surface area contributed by atoms with Gasteiger partial charge in [-0.1, -0.05) is 137 Å². The fourth-order valence-corrected chi connectivity index (χ4v) is 10.7. The highest BCUT2D eigenvalue weighted by atomic mass is 79.9. The first kappa shape index (κ1) is 38.1. The molecule has 0 nitrogen and oxygen atoms in total. The van der Waals surface area contributed by atoms with Crippen LogP contribution in [-0.4, -0.2) is 24.6 Å². The first-order chi connectivity index (χ1) is 16.7. The van der Waals surface area contributed by atoms with Crippen LogP contribution in [0.2, 0.25) is 0 Å². The highest BCUT2D eigenvalue weighted by molar-refractivity contribution is 7.75. The molecule has 0 fully saturated rings. The summed E-state index contributed by atoms with van der Waals surface area (Å²) >= 11 is 0. The van der Waals surface area contributed by atoms with Crippen LogP contribution in [-0.2, 0) is 0 Å². The van der Waals surface area contributed by atoms with Gasteiger partial charge in [0.05, 0.1) is 24.6 Å². The molecule has 0 bridgehead atoms. The first-order valence-electron chi connectivity index (χ1n) is 16.6. The maximum absolute atomic E-state index is 2.36. The lowest BCUT2D eigenvalue weighted by atomic mass is 10.1. The summed E-state index contributed by atoms with van der Waals surface area (Å²) in [5, 5.41) is 0. The minimum Gasteiger partial charge on any atom is -1.00 e. The first-order valence-corrected chi connectivity index (χ1v) is 19.1. The molecule has 214 valence electrons. The fraction of sp³-hybridized carbons (Fsp3) is 1.00. The summed E-state index contributed by atoms with van der Waals surface area (Å²) < 4.78 is 0. The second-order valence-electron chi connectivity index (χ2n) is 11.7. The van der Waals surface area contributed by atoms with E-state index in [2.05, 4.69) is 27.7 Å². The van der Waals surface area contributed by atoms with Gasteiger partial charge < -0.3 is 17.0 Å². The standard InChI is InChI=1S/C33H70P.BrH/c1-5-9-13-17-18-19-20-21-25-29-33-34(30-26-22-14-10-6-2,31-27-23-15-11-7-3)32-28-24-16-12-8-4;/h5-33H2,1-4H3;1H/q+1;/p-1. The van der Waals surface area contributed by atoms with Crippen LogP contribution in [0.5, 0.6) is 0 Å². The number of halogens is 1. The third-order valence-corrected chi connectivity index (χ3v) is 13.3. The van der Waals surface area contributed by atoms with E-state index < -0.39 is 7.26 Å². The zero-order chi connectivity index (χ0) is 25.0. The van der Waals surface area contributed by atoms with E-state index in [1.807, 2.05) is 0 Å². The summed E-state index contributed by atoms with van der Waals surface area (Å²) in [6, 6.07) is 0. The molecule has 0 unspecified atom stereocenters. The van der Waals surface area contributed by atoms with Gasteiger partial charge in [-0.2, -0.15) is 0 Å². The quantitative estimate of drug-likeness (QED) is 0.0613. The largest absolute Gasteiger partial charge is 1.00 e. The van der Waals surface area contributed by atoms with E-state index in [1.54, 1.807) is 50.3 Å². The lowest BCUT2D eigenvalue weighted by Gasteiger charge is -2.28. The molecule has 35 heavy (non-hydrogen) atoms. The average Bonchev–Trinajstić information content (AvgIpc) is 2.84. The van der Waals surface area contributed by atoms with E-state index in [-0.39, 0.29) is 17.0 Å². The van der Waals surface area contributed by atoms with E-state index in [9.17, 15) is 0 Å². The Balaban J connectivity index is 0. The van der Waals surface area contributed by atoms with Crippen molar-refractivity contribution in [3.8, 4) is 0 Å². The van der Waals surface area contributed by atoms with Gasteiger partial charge in [-0.05, 0) is 51.4 Å². The average molecular weight is 578 g/mol. The summed E-state index contributed by atoms with van der Waals surface area (Å²) in [6.07, 6.45) is 43.6. The summed E-state index contributed by atoms with van der Waals surface area (Å²) in [6.45, 7) is 9.39. The van der Waals surface area contributed by atoms with Crippen molar-refractivity contribution in [1.29, 1.82) is 0 Å². The Morgan fingerprint density at radius 2 is 0.429 bits per heavy atom. The molecule has 0 aromatic heterocycles. The minimum atomic E-state index is -0.716. The van der Waals surface area contributed by atoms with Crippen molar-refractivity contribution in [1.82, 2.24) is 0 Å². The number of hydrogen-bond donors (Lipinski definition) is 0. The van der Waals surface area contributed by atoms with Gasteiger partial charge in [0.1, 0.15) is 0 Å². The van der Waals surface area contributed by atoms with Crippen LogP contribution >= 0.6 is 7.26 Å². The SMILES string of the molecule is CCCCCCCCCCCC[P+](CCCCCCC)(CCCCCCC)CCCCCCC.[Br-]. The van der Waals surface area contributed by atoms with Gasteiger partial charge in [0, 0.05) is 7.26 Å². The molecule has 0 rings (SSSR count). The maximum Gasteiger partial charge on any atom is 0.0594 e. The highest BCUT2D eigenvalue weighted by Crippen LogP contribution is 2.61. The molecule has 0 aliphatic carbocycles. The van der Waals surface area contributed by atoms with Crippen LogP contribution in [0.1, 0.15) is 188 Å². The zero-order valence-corrected chi connectivity index (χ0v) is 27.8. The van der Waals surface area contributed by atoms with Gasteiger partial charge in [-0.3, -0.25) is 0 Å². The normalized spacial score (nSPS) is 11.7. The Bertz CT molecular complexity index is 334. The lowest BCUT2D eigenvalue weighted by Crippen LogP contribution is -3.00. The monoisotopic (exact) mass is 576 g/mol. The van der Waals surface area contributed by atoms with Crippen molar-refractivity contribution in [3.05, 3.63) is 0 Å². The highest BCUT2D eigenvalue weighted by Gasteiger charge is 2.34. The smallest absolute Gasteiger partial charge is 0.0594 e. The van der Waals surface area contributed by atoms with Crippen LogP contribution in [0.25, 0.3) is 0 Å². The Morgan fingerprint density at radius 1 is 0.257 bits per heavy atom. The summed E-state index contributed by atoms with van der Waals surface area (Å²) in [4.78, 5) is 0. The summed E-state index contributed by atoms with van der Waals surface area (Å²) in [7, 11) is -0.716. The molecular weight excluding hydrogens is 507 g/mol. The van der Waals surface area contributed by atoms with E-state index in [0.717, 1.165) is 0 Å². The van der Waals surface area contributed by atoms with Crippen LogP contribution < -0.4 is 17.0 Å². The van der Waals surface area contributed by atoms with Crippen molar-refractivity contribution in [2.24, 2.45) is 0 Å². The minimum absolute atomic E-state index is 0. The molecule has 0 saturated heterocycles. The molecule has 0 aromatic rings. The Kier molecular flexibility index (Phi) is 33.9.